The van der Waals surface area contributed by atoms with Gasteiger partial charge in [-0.2, -0.15) is 0 Å². The van der Waals surface area contributed by atoms with Gasteiger partial charge in [-0.1, -0.05) is 169 Å². The van der Waals surface area contributed by atoms with Gasteiger partial charge in [0.15, 0.2) is 0 Å². The van der Waals surface area contributed by atoms with Crippen LogP contribution in [-0.4, -0.2) is 42.4 Å². The predicted octanol–water partition coefficient (Wildman–Crippen LogP) is 12.5. The Bertz CT molecular complexity index is 2780. The molecule has 0 spiro atoms. The first-order valence-electron chi connectivity index (χ1n) is 20.3. The largest absolute Gasteiger partial charge is 0.386 e. The summed E-state index contributed by atoms with van der Waals surface area (Å²) in [6, 6.07) is 58.7. The molecule has 4 heterocycles. The average molecular weight is 892 g/mol. The van der Waals surface area contributed by atoms with Crippen LogP contribution in [0.5, 0.6) is 0 Å². The molecular weight excluding hydrogens is 850 g/mol. The zero-order valence-electron chi connectivity index (χ0n) is 33.9. The van der Waals surface area contributed by atoms with Crippen molar-refractivity contribution in [3.63, 3.8) is 0 Å². The Kier molecular flexibility index (Phi) is 12.9. The van der Waals surface area contributed by atoms with Gasteiger partial charge in [-0.05, 0) is 75.7 Å². The van der Waals surface area contributed by atoms with E-state index in [1.54, 1.807) is 18.2 Å². The van der Waals surface area contributed by atoms with Crippen LogP contribution < -0.4 is 0 Å². The summed E-state index contributed by atoms with van der Waals surface area (Å²) in [5, 5.41) is 22.4. The number of aliphatic hydroxyl groups excluding tert-OH is 2. The van der Waals surface area contributed by atoms with Crippen molar-refractivity contribution in [2.24, 2.45) is 0 Å². The van der Waals surface area contributed by atoms with Crippen molar-refractivity contribution >= 4 is 43.6 Å². The van der Waals surface area contributed by atoms with Crippen molar-refractivity contribution in [3.8, 4) is 44.5 Å². The van der Waals surface area contributed by atoms with E-state index in [-0.39, 0.29) is 19.5 Å². The molecule has 11 rings (SSSR count). The van der Waals surface area contributed by atoms with Gasteiger partial charge in [0.1, 0.15) is 12.2 Å². The van der Waals surface area contributed by atoms with Crippen LogP contribution in [0, 0.1) is 0 Å². The van der Waals surface area contributed by atoms with Crippen molar-refractivity contribution in [1.82, 2.24) is 19.9 Å². The molecule has 1 aliphatic rings. The van der Waals surface area contributed by atoms with Gasteiger partial charge in [-0.3, -0.25) is 19.9 Å². The van der Waals surface area contributed by atoms with Crippen LogP contribution in [-0.2, 0) is 19.5 Å². The molecule has 0 amide bonds. The molecule has 4 aromatic heterocycles. The van der Waals surface area contributed by atoms with E-state index in [2.05, 4.69) is 166 Å². The molecule has 0 aliphatic heterocycles. The first kappa shape index (κ1) is 41.7. The summed E-state index contributed by atoms with van der Waals surface area (Å²) < 4.78 is 0. The zero-order valence-corrected chi connectivity index (χ0v) is 35.6. The minimum absolute atomic E-state index is 0. The fourth-order valence-electron chi connectivity index (χ4n) is 7.92. The van der Waals surface area contributed by atoms with Crippen LogP contribution in [0.1, 0.15) is 6.92 Å². The Morgan fingerprint density at radius 2 is 0.629 bits per heavy atom. The van der Waals surface area contributed by atoms with Crippen LogP contribution in [0.25, 0.3) is 88.1 Å². The van der Waals surface area contributed by atoms with Gasteiger partial charge in [0, 0.05) is 65.8 Å². The maximum absolute atomic E-state index is 8.97. The van der Waals surface area contributed by atoms with Crippen molar-refractivity contribution in [1.29, 1.82) is 0 Å². The van der Waals surface area contributed by atoms with E-state index < -0.39 is 12.2 Å². The van der Waals surface area contributed by atoms with Crippen LogP contribution in [0.15, 0.2) is 218 Å². The Morgan fingerprint density at radius 3 is 0.871 bits per heavy atom. The average Bonchev–Trinajstić information content (AvgIpc) is 3.33. The first-order valence-corrected chi connectivity index (χ1v) is 20.3. The minimum atomic E-state index is -0.714. The number of fused-ring (bicyclic) bond motifs is 6. The monoisotopic (exact) mass is 892 g/mol. The Balaban J connectivity index is 0.000000141. The second kappa shape index (κ2) is 19.1. The molecule has 302 valence electrons. The fourth-order valence-corrected chi connectivity index (χ4v) is 7.92. The third kappa shape index (κ3) is 8.74. The predicted molar refractivity (Wildman–Crippen MR) is 251 cm³/mol. The van der Waals surface area contributed by atoms with E-state index in [0.717, 1.165) is 49.2 Å². The Hall–Kier alpha value is -7.02. The smallest absolute Gasteiger partial charge is 0.102 e. The summed E-state index contributed by atoms with van der Waals surface area (Å²) in [5.74, 6) is 0. The molecule has 0 saturated heterocycles. The van der Waals surface area contributed by atoms with Gasteiger partial charge in [0.05, 0.1) is 22.1 Å². The van der Waals surface area contributed by atoms with Crippen LogP contribution in [0.4, 0.5) is 0 Å². The minimum Gasteiger partial charge on any atom is -0.386 e. The van der Waals surface area contributed by atoms with E-state index in [9.17, 15) is 0 Å². The van der Waals surface area contributed by atoms with Gasteiger partial charge < -0.3 is 10.2 Å². The molecule has 7 heteroatoms. The van der Waals surface area contributed by atoms with E-state index in [0.29, 0.717) is 0 Å². The van der Waals surface area contributed by atoms with Crippen LogP contribution in [0.2, 0.25) is 0 Å². The molecule has 6 nitrogen and oxygen atoms in total. The Labute approximate surface area is 373 Å². The molecule has 0 fully saturated rings. The fraction of sp³-hybridized carbons (Fsp3) is 0.0545. The van der Waals surface area contributed by atoms with Gasteiger partial charge >= 0.3 is 0 Å². The summed E-state index contributed by atoms with van der Waals surface area (Å²) in [6.07, 6.45) is 11.1. The Morgan fingerprint density at radius 1 is 0.355 bits per heavy atom. The second-order valence-electron chi connectivity index (χ2n) is 14.9. The number of benzene rings is 6. The summed E-state index contributed by atoms with van der Waals surface area (Å²) in [6.45, 7) is 1.88. The molecule has 1 aliphatic carbocycles. The van der Waals surface area contributed by atoms with Crippen molar-refractivity contribution in [2.75, 3.05) is 0 Å². The van der Waals surface area contributed by atoms with Gasteiger partial charge in [-0.15, -0.1) is 0 Å². The molecular formula is C55H42N4O2Ru. The topological polar surface area (TPSA) is 92.0 Å². The first-order chi connectivity index (χ1) is 30.0. The van der Waals surface area contributed by atoms with Crippen LogP contribution >= 0.6 is 0 Å². The third-order valence-corrected chi connectivity index (χ3v) is 10.9. The number of hydrogen-bond acceptors (Lipinski definition) is 6. The summed E-state index contributed by atoms with van der Waals surface area (Å²) in [5.41, 5.74) is 14.3. The number of aliphatic hydroxyl groups is 2. The summed E-state index contributed by atoms with van der Waals surface area (Å²) in [7, 11) is 0. The molecule has 10 aromatic rings. The molecule has 2 N–H and O–H groups in total. The number of aromatic nitrogens is 4. The molecule has 2 atom stereocenters. The van der Waals surface area contributed by atoms with Crippen LogP contribution in [0.3, 0.4) is 0 Å². The SMILES string of the molecule is CC1=CC(O)C(O)C=C1.[Ru].c1ccc(-c2ccnc3c2ccc2c(-c4ccccc4)ccnc23)cc1.c1ccc(-c2ccnc3c2ccc2c(-c4ccccc4)ccnc23)cc1. The molecule has 0 radical (unpaired) electrons. The third-order valence-electron chi connectivity index (χ3n) is 10.9. The summed E-state index contributed by atoms with van der Waals surface area (Å²) in [4.78, 5) is 18.7. The quantitative estimate of drug-likeness (QED) is 0.135. The van der Waals surface area contributed by atoms with Crippen molar-refractivity contribution in [3.05, 3.63) is 218 Å². The van der Waals surface area contributed by atoms with Crippen molar-refractivity contribution in [2.45, 2.75) is 19.1 Å². The number of nitrogens with zero attached hydrogens (tertiary/aromatic N) is 4. The van der Waals surface area contributed by atoms with E-state index in [1.165, 1.54) is 44.5 Å². The number of hydrogen-bond donors (Lipinski definition) is 2. The second-order valence-corrected chi connectivity index (χ2v) is 14.9. The van der Waals surface area contributed by atoms with Crippen molar-refractivity contribution < 1.29 is 29.7 Å². The van der Waals surface area contributed by atoms with E-state index >= 15 is 0 Å². The molecule has 6 aromatic carbocycles. The van der Waals surface area contributed by atoms with Gasteiger partial charge in [-0.25, -0.2) is 0 Å². The number of pyridine rings is 4. The number of allylic oxidation sites excluding steroid dienone is 2. The maximum Gasteiger partial charge on any atom is 0.102 e. The van der Waals surface area contributed by atoms with E-state index in [4.69, 9.17) is 10.2 Å². The maximum atomic E-state index is 8.97. The van der Waals surface area contributed by atoms with E-state index in [1.807, 2.05) is 56.0 Å². The summed E-state index contributed by atoms with van der Waals surface area (Å²) >= 11 is 0. The standard InChI is InChI=1S/2C24H16N2.C7H10O2.Ru/c2*1-3-7-17(8-4-1)19-13-15-25-23-21(19)11-12-22-20(14-16-26-24(22)23)18-9-5-2-6-10-18;1-5-2-3-6(8)7(9)4-5;/h2*1-16H;2-4,6-9H,1H3;. The molecule has 2 unspecified atom stereocenters. The van der Waals surface area contributed by atoms with Gasteiger partial charge in [0.2, 0.25) is 0 Å². The van der Waals surface area contributed by atoms with Gasteiger partial charge in [0.25, 0.3) is 0 Å². The normalized spacial score (nSPS) is 14.3. The molecule has 62 heavy (non-hydrogen) atoms. The zero-order chi connectivity index (χ0) is 41.5. The number of rotatable bonds is 4. The molecule has 0 bridgehead atoms. The molecule has 0 saturated carbocycles.